The van der Waals surface area contributed by atoms with Crippen LogP contribution in [0, 0.1) is 5.82 Å². The second-order valence-electron chi connectivity index (χ2n) is 6.73. The standard InChI is InChI=1S/C22H18FN5O2/c1-2-10-28-19(24)16(21(29)25-13-14-6-8-15(23)9-7-14)12-17-20(28)26-18-5-3-4-11-27(18)22(17)30/h2-9,11-12,24H,1,10,13H2,(H,25,29)/p+1. The van der Waals surface area contributed by atoms with E-state index in [-0.39, 0.29) is 41.2 Å². The van der Waals surface area contributed by atoms with Gasteiger partial charge in [-0.15, -0.1) is 0 Å². The predicted molar refractivity (Wildman–Crippen MR) is 111 cm³/mol. The summed E-state index contributed by atoms with van der Waals surface area (Å²) in [5.74, 6) is -0.630. The van der Waals surface area contributed by atoms with Gasteiger partial charge in [-0.2, -0.15) is 0 Å². The van der Waals surface area contributed by atoms with Crippen LogP contribution in [0.15, 0.2) is 72.2 Å². The van der Waals surface area contributed by atoms with Crippen LogP contribution in [-0.2, 0) is 13.1 Å². The number of anilines is 1. The quantitative estimate of drug-likeness (QED) is 0.302. The summed E-state index contributed by atoms with van der Waals surface area (Å²) in [5, 5.41) is 3.02. The summed E-state index contributed by atoms with van der Waals surface area (Å²) in [6.45, 7) is 4.19. The van der Waals surface area contributed by atoms with E-state index < -0.39 is 5.91 Å². The highest BCUT2D eigenvalue weighted by Crippen LogP contribution is 2.15. The van der Waals surface area contributed by atoms with Crippen LogP contribution >= 0.6 is 0 Å². The van der Waals surface area contributed by atoms with Crippen LogP contribution in [0.3, 0.4) is 0 Å². The van der Waals surface area contributed by atoms with Gasteiger partial charge in [-0.3, -0.25) is 14.0 Å². The Hall–Kier alpha value is -4.07. The fraction of sp³-hybridized carbons (Fsp3) is 0.0909. The molecule has 0 saturated heterocycles. The molecule has 4 aromatic rings. The molecule has 0 fully saturated rings. The van der Waals surface area contributed by atoms with E-state index in [9.17, 15) is 14.0 Å². The summed E-state index contributed by atoms with van der Waals surface area (Å²) < 4.78 is 16.1. The van der Waals surface area contributed by atoms with Gasteiger partial charge in [-0.05, 0) is 35.9 Å². The molecule has 0 spiro atoms. The summed E-state index contributed by atoms with van der Waals surface area (Å²) >= 11 is 0. The maximum Gasteiger partial charge on any atom is 0.278 e. The monoisotopic (exact) mass is 404 g/mol. The number of rotatable bonds is 5. The number of hydrogen-bond acceptors (Lipinski definition) is 4. The van der Waals surface area contributed by atoms with E-state index in [1.165, 1.54) is 22.6 Å². The number of fused-ring (bicyclic) bond motifs is 2. The summed E-state index contributed by atoms with van der Waals surface area (Å²) in [4.78, 5) is 30.4. The van der Waals surface area contributed by atoms with Gasteiger partial charge in [-0.1, -0.05) is 35.8 Å². The van der Waals surface area contributed by atoms with E-state index in [4.69, 9.17) is 5.73 Å². The zero-order valence-electron chi connectivity index (χ0n) is 16.0. The SMILES string of the molecule is C=CC[n+]1c(N)c(C(=O)NCc2ccc(F)cc2)cc2c(=O)n3ccccc3nc21. The minimum Gasteiger partial charge on any atom is -0.348 e. The second-order valence-corrected chi connectivity index (χ2v) is 6.73. The molecule has 0 aliphatic carbocycles. The van der Waals surface area contributed by atoms with Crippen molar-refractivity contribution in [3.8, 4) is 0 Å². The fourth-order valence-electron chi connectivity index (χ4n) is 3.28. The van der Waals surface area contributed by atoms with Gasteiger partial charge in [0.1, 0.15) is 16.8 Å². The molecule has 8 heteroatoms. The number of hydrogen-bond donors (Lipinski definition) is 2. The molecule has 0 atom stereocenters. The first-order chi connectivity index (χ1) is 14.5. The number of nitrogens with zero attached hydrogens (tertiary/aromatic N) is 3. The maximum atomic E-state index is 13.1. The molecule has 30 heavy (non-hydrogen) atoms. The van der Waals surface area contributed by atoms with Crippen molar-refractivity contribution in [3.63, 3.8) is 0 Å². The number of benzene rings is 1. The van der Waals surface area contributed by atoms with E-state index >= 15 is 0 Å². The minimum absolute atomic E-state index is 0.154. The highest BCUT2D eigenvalue weighted by Gasteiger charge is 2.23. The zero-order valence-corrected chi connectivity index (χ0v) is 16.0. The zero-order chi connectivity index (χ0) is 21.3. The van der Waals surface area contributed by atoms with Crippen molar-refractivity contribution in [2.75, 3.05) is 5.73 Å². The molecule has 1 aromatic carbocycles. The first-order valence-electron chi connectivity index (χ1n) is 9.26. The van der Waals surface area contributed by atoms with Crippen LogP contribution in [0.4, 0.5) is 10.2 Å². The van der Waals surface area contributed by atoms with E-state index in [1.807, 2.05) is 0 Å². The largest absolute Gasteiger partial charge is 0.348 e. The van der Waals surface area contributed by atoms with Crippen molar-refractivity contribution in [2.45, 2.75) is 13.1 Å². The number of nitrogens with two attached hydrogens (primary N) is 1. The lowest BCUT2D eigenvalue weighted by Gasteiger charge is -2.11. The molecule has 4 rings (SSSR count). The predicted octanol–water partition coefficient (Wildman–Crippen LogP) is 1.97. The second kappa shape index (κ2) is 7.75. The molecule has 1 amide bonds. The van der Waals surface area contributed by atoms with Crippen molar-refractivity contribution in [1.29, 1.82) is 0 Å². The van der Waals surface area contributed by atoms with Crippen LogP contribution in [0.25, 0.3) is 16.7 Å². The van der Waals surface area contributed by atoms with Gasteiger partial charge in [0, 0.05) is 12.7 Å². The highest BCUT2D eigenvalue weighted by molar-refractivity contribution is 6.00. The minimum atomic E-state index is -0.450. The molecule has 0 bridgehead atoms. The Bertz CT molecular complexity index is 1350. The van der Waals surface area contributed by atoms with Gasteiger partial charge in [0.15, 0.2) is 0 Å². The summed E-state index contributed by atoms with van der Waals surface area (Å²) in [5.41, 5.74) is 7.70. The lowest BCUT2D eigenvalue weighted by molar-refractivity contribution is -0.648. The van der Waals surface area contributed by atoms with Gasteiger partial charge in [0.25, 0.3) is 17.1 Å². The van der Waals surface area contributed by atoms with E-state index in [0.29, 0.717) is 11.3 Å². The number of nitrogens with one attached hydrogen (secondary N) is 1. The third-order valence-electron chi connectivity index (χ3n) is 4.78. The van der Waals surface area contributed by atoms with E-state index in [1.54, 1.807) is 47.2 Å². The Morgan fingerprint density at radius 1 is 1.27 bits per heavy atom. The molecule has 7 nitrogen and oxygen atoms in total. The maximum absolute atomic E-state index is 13.1. The first kappa shape index (κ1) is 19.3. The van der Waals surface area contributed by atoms with Crippen LogP contribution < -0.4 is 21.2 Å². The number of halogens is 1. The first-order valence-corrected chi connectivity index (χ1v) is 9.26. The van der Waals surface area contributed by atoms with Crippen molar-refractivity contribution in [3.05, 3.63) is 94.7 Å². The number of carbonyl (C=O) groups excluding carboxylic acids is 1. The number of aromatic nitrogens is 3. The molecule has 0 unspecified atom stereocenters. The summed E-state index contributed by atoms with van der Waals surface area (Å²) in [6.07, 6.45) is 3.23. The molecule has 0 aliphatic heterocycles. The van der Waals surface area contributed by atoms with Crippen molar-refractivity contribution in [1.82, 2.24) is 14.7 Å². The van der Waals surface area contributed by atoms with Gasteiger partial charge in [-0.25, -0.2) is 8.96 Å². The molecule has 0 aliphatic rings. The number of pyridine rings is 2. The molecule has 0 radical (unpaired) electrons. The molecule has 3 N–H and O–H groups in total. The van der Waals surface area contributed by atoms with Crippen molar-refractivity contribution < 1.29 is 13.8 Å². The third-order valence-corrected chi connectivity index (χ3v) is 4.78. The number of nitrogen functional groups attached to an aromatic ring is 1. The number of carbonyl (C=O) groups is 1. The Balaban J connectivity index is 1.81. The average molecular weight is 404 g/mol. The molecule has 150 valence electrons. The van der Waals surface area contributed by atoms with Gasteiger partial charge >= 0.3 is 0 Å². The van der Waals surface area contributed by atoms with Crippen LogP contribution in [0.1, 0.15) is 15.9 Å². The average Bonchev–Trinajstić information content (AvgIpc) is 2.75. The van der Waals surface area contributed by atoms with Gasteiger partial charge in [0.2, 0.25) is 11.5 Å². The Labute approximate surface area is 170 Å². The molecular weight excluding hydrogens is 385 g/mol. The normalized spacial score (nSPS) is 11.0. The summed E-state index contributed by atoms with van der Waals surface area (Å²) in [6, 6.07) is 12.5. The fourth-order valence-corrected chi connectivity index (χ4v) is 3.28. The van der Waals surface area contributed by atoms with Crippen molar-refractivity contribution in [2.24, 2.45) is 0 Å². The topological polar surface area (TPSA) is 93.4 Å². The van der Waals surface area contributed by atoms with Crippen LogP contribution in [0.2, 0.25) is 0 Å². The van der Waals surface area contributed by atoms with E-state index in [0.717, 1.165) is 5.56 Å². The van der Waals surface area contributed by atoms with Crippen LogP contribution in [0.5, 0.6) is 0 Å². The van der Waals surface area contributed by atoms with Crippen LogP contribution in [-0.4, -0.2) is 15.3 Å². The lowest BCUT2D eigenvalue weighted by Crippen LogP contribution is -2.42. The molecule has 3 heterocycles. The third kappa shape index (κ3) is 3.39. The number of allylic oxidation sites excluding steroid dienone is 1. The summed E-state index contributed by atoms with van der Waals surface area (Å²) in [7, 11) is 0. The molecule has 3 aromatic heterocycles. The van der Waals surface area contributed by atoms with Gasteiger partial charge in [0.05, 0.1) is 6.54 Å². The Kier molecular flexibility index (Phi) is 4.97. The number of amides is 1. The Morgan fingerprint density at radius 3 is 2.77 bits per heavy atom. The van der Waals surface area contributed by atoms with Gasteiger partial charge < -0.3 is 11.1 Å². The van der Waals surface area contributed by atoms with E-state index in [2.05, 4.69) is 16.9 Å². The Morgan fingerprint density at radius 2 is 2.03 bits per heavy atom. The van der Waals surface area contributed by atoms with Crippen molar-refractivity contribution >= 4 is 28.4 Å². The molecular formula is C22H19FN5O2+. The smallest absolute Gasteiger partial charge is 0.278 e. The lowest BCUT2D eigenvalue weighted by atomic mass is 10.1. The molecule has 0 saturated carbocycles. The highest BCUT2D eigenvalue weighted by atomic mass is 19.1.